The van der Waals surface area contributed by atoms with Crippen LogP contribution < -0.4 is 10.5 Å². The maximum Gasteiger partial charge on any atom is 0.127 e. The summed E-state index contributed by atoms with van der Waals surface area (Å²) < 4.78 is 18.5. The smallest absolute Gasteiger partial charge is 0.127 e. The second-order valence-corrected chi connectivity index (χ2v) is 3.79. The van der Waals surface area contributed by atoms with E-state index < -0.39 is 0 Å². The van der Waals surface area contributed by atoms with E-state index in [-0.39, 0.29) is 18.0 Å². The molecule has 1 aliphatic carbocycles. The molecule has 2 N–H and O–H groups in total. The van der Waals surface area contributed by atoms with Crippen molar-refractivity contribution < 1.29 is 9.13 Å². The van der Waals surface area contributed by atoms with Crippen LogP contribution in [0, 0.1) is 5.82 Å². The van der Waals surface area contributed by atoms with Crippen molar-refractivity contribution in [3.8, 4) is 5.75 Å². The summed E-state index contributed by atoms with van der Waals surface area (Å²) in [5.74, 6) is 0.326. The minimum absolute atomic E-state index is 0.121. The average Bonchev–Trinajstić information content (AvgIpc) is 2.87. The van der Waals surface area contributed by atoms with E-state index in [1.165, 1.54) is 12.1 Å². The molecule has 0 heterocycles. The van der Waals surface area contributed by atoms with E-state index in [9.17, 15) is 4.39 Å². The number of benzene rings is 1. The Bertz CT molecular complexity index is 334. The van der Waals surface area contributed by atoms with Gasteiger partial charge < -0.3 is 10.5 Å². The molecular formula is C11H14FNO. The van der Waals surface area contributed by atoms with Crippen molar-refractivity contribution in [2.24, 2.45) is 5.73 Å². The van der Waals surface area contributed by atoms with Crippen LogP contribution in [0.4, 0.5) is 4.39 Å². The Morgan fingerprint density at radius 2 is 2.21 bits per heavy atom. The maximum atomic E-state index is 13.0. The van der Waals surface area contributed by atoms with Crippen molar-refractivity contribution in [3.63, 3.8) is 0 Å². The largest absolute Gasteiger partial charge is 0.490 e. The second kappa shape index (κ2) is 3.58. The van der Waals surface area contributed by atoms with Crippen LogP contribution in [0.2, 0.25) is 0 Å². The molecule has 0 spiro atoms. The lowest BCUT2D eigenvalue weighted by Crippen LogP contribution is -2.09. The molecule has 0 aromatic heterocycles. The maximum absolute atomic E-state index is 13.0. The minimum atomic E-state index is -0.273. The summed E-state index contributed by atoms with van der Waals surface area (Å²) in [5.41, 5.74) is 6.63. The number of rotatable bonds is 3. The molecule has 0 bridgehead atoms. The summed E-state index contributed by atoms with van der Waals surface area (Å²) in [5, 5.41) is 0. The van der Waals surface area contributed by atoms with Crippen LogP contribution in [0.25, 0.3) is 0 Å². The van der Waals surface area contributed by atoms with Crippen LogP contribution >= 0.6 is 0 Å². The van der Waals surface area contributed by atoms with Crippen molar-refractivity contribution in [1.29, 1.82) is 0 Å². The van der Waals surface area contributed by atoms with Crippen LogP contribution in [-0.4, -0.2) is 6.10 Å². The number of hydrogen-bond donors (Lipinski definition) is 1. The van der Waals surface area contributed by atoms with Gasteiger partial charge >= 0.3 is 0 Å². The van der Waals surface area contributed by atoms with Crippen LogP contribution in [0.5, 0.6) is 5.75 Å². The van der Waals surface area contributed by atoms with Crippen LogP contribution in [-0.2, 0) is 0 Å². The van der Waals surface area contributed by atoms with Crippen molar-refractivity contribution in [3.05, 3.63) is 29.6 Å². The van der Waals surface area contributed by atoms with Gasteiger partial charge in [0, 0.05) is 17.7 Å². The third-order valence-corrected chi connectivity index (χ3v) is 2.28. The van der Waals surface area contributed by atoms with Crippen molar-refractivity contribution in [2.45, 2.75) is 31.9 Å². The van der Waals surface area contributed by atoms with E-state index in [1.807, 2.05) is 6.92 Å². The standard InChI is InChI=1S/C11H14FNO/c1-7(13)10-5-2-8(12)6-11(10)14-9-3-4-9/h2,5-7,9H,3-4,13H2,1H3. The highest BCUT2D eigenvalue weighted by atomic mass is 19.1. The van der Waals surface area contributed by atoms with Crippen molar-refractivity contribution in [1.82, 2.24) is 0 Å². The zero-order chi connectivity index (χ0) is 10.1. The molecule has 0 radical (unpaired) electrons. The molecule has 1 aliphatic rings. The third kappa shape index (κ3) is 2.04. The van der Waals surface area contributed by atoms with Gasteiger partial charge in [0.25, 0.3) is 0 Å². The van der Waals surface area contributed by atoms with E-state index in [0.29, 0.717) is 5.75 Å². The molecular weight excluding hydrogens is 181 g/mol. The van der Waals surface area contributed by atoms with Gasteiger partial charge in [0.05, 0.1) is 6.10 Å². The Morgan fingerprint density at radius 3 is 2.79 bits per heavy atom. The summed E-state index contributed by atoms with van der Waals surface area (Å²) in [6.45, 7) is 1.87. The molecule has 3 heteroatoms. The van der Waals surface area contributed by atoms with E-state index >= 15 is 0 Å². The van der Waals surface area contributed by atoms with Gasteiger partial charge in [-0.05, 0) is 25.8 Å². The highest BCUT2D eigenvalue weighted by molar-refractivity contribution is 5.36. The van der Waals surface area contributed by atoms with Gasteiger partial charge in [0.15, 0.2) is 0 Å². The molecule has 76 valence electrons. The first-order valence-corrected chi connectivity index (χ1v) is 4.88. The fraction of sp³-hybridized carbons (Fsp3) is 0.455. The molecule has 1 atom stereocenters. The Kier molecular flexibility index (Phi) is 2.42. The quantitative estimate of drug-likeness (QED) is 0.803. The molecule has 1 saturated carbocycles. The van der Waals surface area contributed by atoms with Crippen molar-refractivity contribution in [2.75, 3.05) is 0 Å². The molecule has 0 saturated heterocycles. The number of halogens is 1. The molecule has 1 aromatic rings. The second-order valence-electron chi connectivity index (χ2n) is 3.79. The van der Waals surface area contributed by atoms with Gasteiger partial charge in [-0.3, -0.25) is 0 Å². The van der Waals surface area contributed by atoms with Crippen molar-refractivity contribution >= 4 is 0 Å². The number of hydrogen-bond acceptors (Lipinski definition) is 2. The van der Waals surface area contributed by atoms with Crippen LogP contribution in [0.15, 0.2) is 18.2 Å². The van der Waals surface area contributed by atoms with Gasteiger partial charge in [0.1, 0.15) is 11.6 Å². The highest BCUT2D eigenvalue weighted by Crippen LogP contribution is 2.31. The van der Waals surface area contributed by atoms with Gasteiger partial charge in [0.2, 0.25) is 0 Å². The molecule has 1 aromatic carbocycles. The fourth-order valence-corrected chi connectivity index (χ4v) is 1.35. The lowest BCUT2D eigenvalue weighted by molar-refractivity contribution is 0.297. The van der Waals surface area contributed by atoms with Gasteiger partial charge in [-0.15, -0.1) is 0 Å². The Hall–Kier alpha value is -1.09. The van der Waals surface area contributed by atoms with Gasteiger partial charge in [-0.2, -0.15) is 0 Å². The van der Waals surface area contributed by atoms with E-state index in [1.54, 1.807) is 6.07 Å². The predicted molar refractivity (Wildman–Crippen MR) is 52.7 cm³/mol. The molecule has 2 rings (SSSR count). The van der Waals surface area contributed by atoms with Gasteiger partial charge in [-0.1, -0.05) is 6.07 Å². The Morgan fingerprint density at radius 1 is 1.50 bits per heavy atom. The topological polar surface area (TPSA) is 35.2 Å². The predicted octanol–water partition coefficient (Wildman–Crippen LogP) is 2.39. The highest BCUT2D eigenvalue weighted by Gasteiger charge is 2.25. The fourth-order valence-electron chi connectivity index (χ4n) is 1.35. The molecule has 1 fully saturated rings. The van der Waals surface area contributed by atoms with E-state index in [4.69, 9.17) is 10.5 Å². The molecule has 0 amide bonds. The normalized spacial score (nSPS) is 17.9. The van der Waals surface area contributed by atoms with Crippen LogP contribution in [0.3, 0.4) is 0 Å². The van der Waals surface area contributed by atoms with E-state index in [2.05, 4.69) is 0 Å². The first-order valence-electron chi connectivity index (χ1n) is 4.88. The summed E-state index contributed by atoms with van der Waals surface area (Å²) >= 11 is 0. The summed E-state index contributed by atoms with van der Waals surface area (Å²) in [6.07, 6.45) is 2.40. The SMILES string of the molecule is CC(N)c1ccc(F)cc1OC1CC1. The summed E-state index contributed by atoms with van der Waals surface area (Å²) in [7, 11) is 0. The first kappa shape index (κ1) is 9.46. The lowest BCUT2D eigenvalue weighted by Gasteiger charge is -2.13. The Labute approximate surface area is 82.9 Å². The Balaban J connectivity index is 2.27. The number of nitrogens with two attached hydrogens (primary N) is 1. The number of ether oxygens (including phenoxy) is 1. The summed E-state index contributed by atoms with van der Waals surface area (Å²) in [4.78, 5) is 0. The average molecular weight is 195 g/mol. The zero-order valence-electron chi connectivity index (χ0n) is 8.16. The molecule has 2 nitrogen and oxygen atoms in total. The van der Waals surface area contributed by atoms with Gasteiger partial charge in [-0.25, -0.2) is 4.39 Å². The lowest BCUT2D eigenvalue weighted by atomic mass is 10.1. The minimum Gasteiger partial charge on any atom is -0.490 e. The molecule has 1 unspecified atom stereocenters. The molecule has 14 heavy (non-hydrogen) atoms. The monoisotopic (exact) mass is 195 g/mol. The molecule has 0 aliphatic heterocycles. The van der Waals surface area contributed by atoms with E-state index in [0.717, 1.165) is 18.4 Å². The first-order chi connectivity index (χ1) is 6.66. The summed E-state index contributed by atoms with van der Waals surface area (Å²) in [6, 6.07) is 4.40. The van der Waals surface area contributed by atoms with Crippen LogP contribution in [0.1, 0.15) is 31.4 Å². The zero-order valence-corrected chi connectivity index (χ0v) is 8.16. The third-order valence-electron chi connectivity index (χ3n) is 2.28.